The smallest absolute Gasteiger partial charge is 0.337 e. The number of likely N-dealkylation sites (N-methyl/N-ethyl adjacent to an activating group) is 1. The summed E-state index contributed by atoms with van der Waals surface area (Å²) in [6.07, 6.45) is 4.08. The maximum absolute atomic E-state index is 12.9. The number of anilines is 2. The molecule has 1 aliphatic heterocycles. The van der Waals surface area contributed by atoms with E-state index >= 15 is 0 Å². The molecular weight excluding hydrogens is 402 g/mol. The van der Waals surface area contributed by atoms with Crippen LogP contribution in [-0.2, 0) is 22.9 Å². The molecule has 1 fully saturated rings. The number of benzene rings is 2. The highest BCUT2D eigenvalue weighted by Gasteiger charge is 2.22. The summed E-state index contributed by atoms with van der Waals surface area (Å²) in [6.45, 7) is 3.17. The molecule has 2 aromatic carbocycles. The van der Waals surface area contributed by atoms with E-state index in [1.165, 1.54) is 11.6 Å². The topological polar surface area (TPSA) is 90.0 Å². The van der Waals surface area contributed by atoms with Crippen LogP contribution in [0.5, 0.6) is 0 Å². The van der Waals surface area contributed by atoms with Gasteiger partial charge in [-0.1, -0.05) is 6.07 Å². The van der Waals surface area contributed by atoms with Crippen molar-refractivity contribution in [1.82, 2.24) is 4.90 Å². The van der Waals surface area contributed by atoms with Crippen LogP contribution < -0.4 is 9.62 Å². The number of piperazine rings is 1. The molecule has 0 saturated carbocycles. The number of hydrogen-bond acceptors (Lipinski definition) is 5. The molecule has 0 amide bonds. The Kier molecular flexibility index (Phi) is 5.71. The van der Waals surface area contributed by atoms with E-state index in [-0.39, 0.29) is 16.1 Å². The highest BCUT2D eigenvalue weighted by Crippen LogP contribution is 2.28. The Morgan fingerprint density at radius 2 is 1.67 bits per heavy atom. The fourth-order valence-electron chi connectivity index (χ4n) is 4.18. The highest BCUT2D eigenvalue weighted by atomic mass is 32.2. The van der Waals surface area contributed by atoms with E-state index in [1.54, 1.807) is 24.3 Å². The van der Waals surface area contributed by atoms with Gasteiger partial charge in [-0.3, -0.25) is 4.72 Å². The number of aryl methyl sites for hydroxylation is 2. The van der Waals surface area contributed by atoms with Crippen molar-refractivity contribution >= 4 is 27.4 Å². The zero-order valence-electron chi connectivity index (χ0n) is 17.1. The second kappa shape index (κ2) is 8.28. The maximum atomic E-state index is 12.9. The third-order valence-electron chi connectivity index (χ3n) is 5.95. The van der Waals surface area contributed by atoms with Crippen LogP contribution in [-0.4, -0.2) is 57.6 Å². The number of sulfonamides is 1. The van der Waals surface area contributed by atoms with Crippen LogP contribution in [0, 0.1) is 0 Å². The lowest BCUT2D eigenvalue weighted by atomic mass is 9.92. The number of hydrogen-bond donors (Lipinski definition) is 2. The Morgan fingerprint density at radius 3 is 2.37 bits per heavy atom. The molecule has 4 rings (SSSR count). The van der Waals surface area contributed by atoms with Crippen molar-refractivity contribution < 1.29 is 18.3 Å². The van der Waals surface area contributed by atoms with Gasteiger partial charge < -0.3 is 14.9 Å². The normalized spacial score (nSPS) is 17.4. The maximum Gasteiger partial charge on any atom is 0.337 e. The van der Waals surface area contributed by atoms with Gasteiger partial charge in [-0.05, 0) is 74.2 Å². The largest absolute Gasteiger partial charge is 0.478 e. The fourth-order valence-corrected chi connectivity index (χ4v) is 5.28. The predicted octanol–water partition coefficient (Wildman–Crippen LogP) is 2.82. The molecule has 30 heavy (non-hydrogen) atoms. The first-order valence-corrected chi connectivity index (χ1v) is 11.8. The van der Waals surface area contributed by atoms with Crippen molar-refractivity contribution in [2.75, 3.05) is 42.8 Å². The van der Waals surface area contributed by atoms with Crippen LogP contribution in [0.25, 0.3) is 0 Å². The first-order chi connectivity index (χ1) is 14.3. The van der Waals surface area contributed by atoms with E-state index in [2.05, 4.69) is 9.62 Å². The molecule has 0 spiro atoms. The molecule has 7 nitrogen and oxygen atoms in total. The zero-order chi connectivity index (χ0) is 21.3. The van der Waals surface area contributed by atoms with Gasteiger partial charge in [0.1, 0.15) is 0 Å². The van der Waals surface area contributed by atoms with Gasteiger partial charge in [0.15, 0.2) is 0 Å². The predicted molar refractivity (Wildman–Crippen MR) is 117 cm³/mol. The summed E-state index contributed by atoms with van der Waals surface area (Å²) < 4.78 is 28.4. The minimum atomic E-state index is -3.80. The molecular formula is C22H27N3O4S. The lowest BCUT2D eigenvalue weighted by Gasteiger charge is -2.34. The minimum absolute atomic E-state index is 0.102. The van der Waals surface area contributed by atoms with Gasteiger partial charge in [0.25, 0.3) is 10.0 Å². The fraction of sp³-hybridized carbons (Fsp3) is 0.409. The molecule has 8 heteroatoms. The molecule has 160 valence electrons. The number of aromatic carboxylic acids is 1. The van der Waals surface area contributed by atoms with E-state index in [9.17, 15) is 18.3 Å². The quantitative estimate of drug-likeness (QED) is 0.760. The van der Waals surface area contributed by atoms with Crippen LogP contribution >= 0.6 is 0 Å². The molecule has 2 N–H and O–H groups in total. The number of nitrogens with one attached hydrogen (secondary N) is 1. The van der Waals surface area contributed by atoms with Crippen LogP contribution in [0.3, 0.4) is 0 Å². The van der Waals surface area contributed by atoms with Crippen LogP contribution in [0.2, 0.25) is 0 Å². The summed E-state index contributed by atoms with van der Waals surface area (Å²) in [7, 11) is -1.76. The first kappa shape index (κ1) is 20.7. The highest BCUT2D eigenvalue weighted by molar-refractivity contribution is 7.92. The summed E-state index contributed by atoms with van der Waals surface area (Å²) in [4.78, 5) is 16.3. The van der Waals surface area contributed by atoms with Gasteiger partial charge in [-0.25, -0.2) is 13.2 Å². The van der Waals surface area contributed by atoms with Crippen molar-refractivity contribution in [3.8, 4) is 0 Å². The van der Waals surface area contributed by atoms with Gasteiger partial charge in [-0.2, -0.15) is 0 Å². The van der Waals surface area contributed by atoms with Gasteiger partial charge >= 0.3 is 5.97 Å². The second-order valence-corrected chi connectivity index (χ2v) is 9.75. The lowest BCUT2D eigenvalue weighted by Crippen LogP contribution is -2.45. The number of rotatable bonds is 5. The second-order valence-electron chi connectivity index (χ2n) is 8.07. The zero-order valence-corrected chi connectivity index (χ0v) is 17.9. The van der Waals surface area contributed by atoms with Gasteiger partial charge in [0, 0.05) is 31.9 Å². The molecule has 0 bridgehead atoms. The average Bonchev–Trinajstić information content (AvgIpc) is 2.73. The summed E-state index contributed by atoms with van der Waals surface area (Å²) in [6, 6.07) is 10.0. The third-order valence-corrected chi connectivity index (χ3v) is 7.33. The first-order valence-electron chi connectivity index (χ1n) is 10.3. The van der Waals surface area contributed by atoms with E-state index in [0.717, 1.165) is 57.4 Å². The Balaban J connectivity index is 1.59. The molecule has 0 radical (unpaired) electrons. The molecule has 2 aromatic rings. The average molecular weight is 430 g/mol. The molecule has 1 aliphatic carbocycles. The van der Waals surface area contributed by atoms with Crippen molar-refractivity contribution in [3.05, 3.63) is 53.1 Å². The molecule has 0 aromatic heterocycles. The van der Waals surface area contributed by atoms with Gasteiger partial charge in [0.05, 0.1) is 16.1 Å². The van der Waals surface area contributed by atoms with E-state index in [4.69, 9.17) is 0 Å². The summed E-state index contributed by atoms with van der Waals surface area (Å²) >= 11 is 0. The Hall–Kier alpha value is -2.58. The van der Waals surface area contributed by atoms with Gasteiger partial charge in [0.2, 0.25) is 0 Å². The number of carboxylic acid groups (broad SMARTS) is 1. The Bertz CT molecular complexity index is 1060. The van der Waals surface area contributed by atoms with Crippen LogP contribution in [0.4, 0.5) is 11.4 Å². The van der Waals surface area contributed by atoms with Crippen LogP contribution in [0.15, 0.2) is 41.3 Å². The summed E-state index contributed by atoms with van der Waals surface area (Å²) in [5.41, 5.74) is 3.27. The van der Waals surface area contributed by atoms with E-state index in [0.29, 0.717) is 5.69 Å². The number of carbonyl (C=O) groups is 1. The monoisotopic (exact) mass is 429 g/mol. The number of nitrogens with zero attached hydrogens (tertiary/aromatic N) is 2. The van der Waals surface area contributed by atoms with Crippen molar-refractivity contribution in [2.24, 2.45) is 0 Å². The summed E-state index contributed by atoms with van der Waals surface area (Å²) in [5.74, 6) is -1.07. The van der Waals surface area contributed by atoms with E-state index < -0.39 is 16.0 Å². The summed E-state index contributed by atoms with van der Waals surface area (Å²) in [5, 5.41) is 9.71. The number of carboxylic acids is 1. The van der Waals surface area contributed by atoms with E-state index in [1.807, 2.05) is 18.0 Å². The van der Waals surface area contributed by atoms with Gasteiger partial charge in [-0.15, -0.1) is 0 Å². The van der Waals surface area contributed by atoms with Crippen LogP contribution in [0.1, 0.15) is 34.3 Å². The SMILES string of the molecule is CN1CCN(c2ccc(NS(=O)(=O)c3ccc4c(c3)CCCC4)cc2C(=O)O)CC1. The molecule has 2 aliphatic rings. The molecule has 1 heterocycles. The molecule has 0 atom stereocenters. The molecule has 1 saturated heterocycles. The Labute approximate surface area is 177 Å². The third kappa shape index (κ3) is 4.29. The van der Waals surface area contributed by atoms with Crippen molar-refractivity contribution in [1.29, 1.82) is 0 Å². The van der Waals surface area contributed by atoms with Crippen molar-refractivity contribution in [3.63, 3.8) is 0 Å². The minimum Gasteiger partial charge on any atom is -0.478 e. The standard InChI is InChI=1S/C22H27N3O4S/c1-24-10-12-25(13-11-24)21-9-7-18(15-20(21)22(26)27)23-30(28,29)19-8-6-16-4-2-3-5-17(16)14-19/h6-9,14-15,23H,2-5,10-13H2,1H3,(H,26,27). The molecule has 0 unspecified atom stereocenters. The van der Waals surface area contributed by atoms with Crippen molar-refractivity contribution in [2.45, 2.75) is 30.6 Å². The lowest BCUT2D eigenvalue weighted by molar-refractivity contribution is 0.0697. The Morgan fingerprint density at radius 1 is 0.967 bits per heavy atom. The number of fused-ring (bicyclic) bond motifs is 1.